The molecule has 2 aliphatic heterocycles. The van der Waals surface area contributed by atoms with Crippen molar-refractivity contribution in [2.24, 2.45) is 0 Å². The van der Waals surface area contributed by atoms with Gasteiger partial charge in [-0.15, -0.1) is 0 Å². The van der Waals surface area contributed by atoms with Crippen LogP contribution in [0.1, 0.15) is 35.2 Å². The Morgan fingerprint density at radius 3 is 2.58 bits per heavy atom. The van der Waals surface area contributed by atoms with Gasteiger partial charge < -0.3 is 10.2 Å². The van der Waals surface area contributed by atoms with Crippen molar-refractivity contribution in [2.45, 2.75) is 32.2 Å². The molecule has 0 bridgehead atoms. The molecule has 2 heterocycles. The van der Waals surface area contributed by atoms with E-state index >= 15 is 0 Å². The molecule has 2 fully saturated rings. The Morgan fingerprint density at radius 2 is 2.00 bits per heavy atom. The zero-order chi connectivity index (χ0) is 17.3. The van der Waals surface area contributed by atoms with Gasteiger partial charge in [0.1, 0.15) is 0 Å². The van der Waals surface area contributed by atoms with Crippen LogP contribution in [0.15, 0.2) is 18.2 Å². The molecule has 1 aromatic rings. The van der Waals surface area contributed by atoms with Gasteiger partial charge in [0.25, 0.3) is 5.91 Å². The van der Waals surface area contributed by atoms with Gasteiger partial charge in [0, 0.05) is 25.2 Å². The van der Waals surface area contributed by atoms with Crippen molar-refractivity contribution < 1.29 is 13.2 Å². The molecule has 7 heteroatoms. The maximum atomic E-state index is 12.8. The van der Waals surface area contributed by atoms with Crippen LogP contribution in [-0.2, 0) is 10.0 Å². The molecule has 0 radical (unpaired) electrons. The fourth-order valence-electron chi connectivity index (χ4n) is 3.52. The number of anilines is 1. The Kier molecular flexibility index (Phi) is 4.83. The van der Waals surface area contributed by atoms with Gasteiger partial charge in [0.2, 0.25) is 10.0 Å². The summed E-state index contributed by atoms with van der Waals surface area (Å²) in [4.78, 5) is 14.6. The predicted molar refractivity (Wildman–Crippen MR) is 94.9 cm³/mol. The van der Waals surface area contributed by atoms with Crippen LogP contribution in [-0.4, -0.2) is 57.7 Å². The summed E-state index contributed by atoms with van der Waals surface area (Å²) >= 11 is 0. The fraction of sp³-hybridized carbons (Fsp3) is 0.588. The van der Waals surface area contributed by atoms with E-state index < -0.39 is 10.0 Å². The summed E-state index contributed by atoms with van der Waals surface area (Å²) < 4.78 is 25.6. The molecule has 24 heavy (non-hydrogen) atoms. The number of nitrogens with one attached hydrogen (secondary N) is 1. The number of rotatable bonds is 3. The van der Waals surface area contributed by atoms with Gasteiger partial charge in [-0.2, -0.15) is 0 Å². The van der Waals surface area contributed by atoms with Crippen molar-refractivity contribution in [1.29, 1.82) is 0 Å². The zero-order valence-corrected chi connectivity index (χ0v) is 15.1. The second-order valence-corrected chi connectivity index (χ2v) is 8.65. The highest BCUT2D eigenvalue weighted by molar-refractivity contribution is 7.93. The Bertz CT molecular complexity index is 727. The van der Waals surface area contributed by atoms with Crippen LogP contribution < -0.4 is 9.62 Å². The lowest BCUT2D eigenvalue weighted by molar-refractivity contribution is 0.0702. The molecule has 0 spiro atoms. The summed E-state index contributed by atoms with van der Waals surface area (Å²) in [5.41, 5.74) is 2.13. The lowest BCUT2D eigenvalue weighted by Crippen LogP contribution is -2.44. The van der Waals surface area contributed by atoms with Gasteiger partial charge in [-0.3, -0.25) is 9.10 Å². The molecule has 6 nitrogen and oxygen atoms in total. The van der Waals surface area contributed by atoms with Gasteiger partial charge in [0.15, 0.2) is 0 Å². The van der Waals surface area contributed by atoms with E-state index in [1.807, 2.05) is 24.9 Å². The maximum Gasteiger partial charge on any atom is 0.254 e. The number of hydrogen-bond donors (Lipinski definition) is 1. The van der Waals surface area contributed by atoms with E-state index in [-0.39, 0.29) is 17.7 Å². The number of hydrogen-bond acceptors (Lipinski definition) is 4. The predicted octanol–water partition coefficient (Wildman–Crippen LogP) is 1.36. The van der Waals surface area contributed by atoms with Crippen LogP contribution in [0.3, 0.4) is 0 Å². The topological polar surface area (TPSA) is 69.7 Å². The third kappa shape index (κ3) is 3.28. The normalized spacial score (nSPS) is 21.0. The standard InChI is InChI=1S/C17H25N3O3S/c1-13-12-15(20-10-3-11-24(20,22)23)4-5-16(13)17(21)19(2)14-6-8-18-9-7-14/h4-5,12,14,18H,3,6-11H2,1-2H3. The molecular weight excluding hydrogens is 326 g/mol. The fourth-order valence-corrected chi connectivity index (χ4v) is 5.08. The number of carbonyl (C=O) groups is 1. The number of amides is 1. The Balaban J connectivity index is 1.80. The molecule has 2 aliphatic rings. The van der Waals surface area contributed by atoms with Crippen molar-refractivity contribution in [3.05, 3.63) is 29.3 Å². The minimum absolute atomic E-state index is 0.00947. The largest absolute Gasteiger partial charge is 0.339 e. The molecule has 1 amide bonds. The smallest absolute Gasteiger partial charge is 0.254 e. The first-order valence-electron chi connectivity index (χ1n) is 8.49. The van der Waals surface area contributed by atoms with Crippen LogP contribution in [0.4, 0.5) is 5.69 Å². The summed E-state index contributed by atoms with van der Waals surface area (Å²) in [6, 6.07) is 5.58. The molecule has 132 valence electrons. The Labute approximate surface area is 143 Å². The lowest BCUT2D eigenvalue weighted by atomic mass is 10.0. The molecule has 3 rings (SSSR count). The van der Waals surface area contributed by atoms with E-state index in [2.05, 4.69) is 5.32 Å². The second-order valence-electron chi connectivity index (χ2n) is 6.64. The monoisotopic (exact) mass is 351 g/mol. The number of carbonyl (C=O) groups excluding carboxylic acids is 1. The summed E-state index contributed by atoms with van der Waals surface area (Å²) in [5, 5.41) is 3.31. The van der Waals surface area contributed by atoms with Crippen molar-refractivity contribution in [3.8, 4) is 0 Å². The highest BCUT2D eigenvalue weighted by Gasteiger charge is 2.29. The molecule has 0 atom stereocenters. The number of benzene rings is 1. The first kappa shape index (κ1) is 17.2. The maximum absolute atomic E-state index is 12.8. The third-order valence-electron chi connectivity index (χ3n) is 5.00. The van der Waals surface area contributed by atoms with Crippen LogP contribution in [0.25, 0.3) is 0 Å². The number of aryl methyl sites for hydroxylation is 1. The summed E-state index contributed by atoms with van der Waals surface area (Å²) in [6.07, 6.45) is 2.58. The molecule has 0 aliphatic carbocycles. The number of piperidine rings is 1. The molecule has 1 aromatic carbocycles. The van der Waals surface area contributed by atoms with E-state index in [9.17, 15) is 13.2 Å². The van der Waals surface area contributed by atoms with Gasteiger partial charge >= 0.3 is 0 Å². The highest BCUT2D eigenvalue weighted by atomic mass is 32.2. The first-order valence-corrected chi connectivity index (χ1v) is 10.1. The van der Waals surface area contributed by atoms with E-state index in [1.165, 1.54) is 4.31 Å². The number of sulfonamides is 1. The third-order valence-corrected chi connectivity index (χ3v) is 6.87. The summed E-state index contributed by atoms with van der Waals surface area (Å²) in [7, 11) is -1.33. The SMILES string of the molecule is Cc1cc(N2CCCS2(=O)=O)ccc1C(=O)N(C)C1CCNCC1. The van der Waals surface area contributed by atoms with Crippen LogP contribution in [0.2, 0.25) is 0 Å². The van der Waals surface area contributed by atoms with E-state index in [0.29, 0.717) is 24.2 Å². The quantitative estimate of drug-likeness (QED) is 0.893. The van der Waals surface area contributed by atoms with E-state index in [1.54, 1.807) is 12.1 Å². The van der Waals surface area contributed by atoms with Crippen molar-refractivity contribution in [3.63, 3.8) is 0 Å². The van der Waals surface area contributed by atoms with Crippen molar-refractivity contribution in [1.82, 2.24) is 10.2 Å². The van der Waals surface area contributed by atoms with Gasteiger partial charge in [-0.25, -0.2) is 8.42 Å². The van der Waals surface area contributed by atoms with Crippen LogP contribution in [0.5, 0.6) is 0 Å². The summed E-state index contributed by atoms with van der Waals surface area (Å²) in [5.74, 6) is 0.209. The zero-order valence-electron chi connectivity index (χ0n) is 14.3. The molecular formula is C17H25N3O3S. The minimum Gasteiger partial charge on any atom is -0.339 e. The van der Waals surface area contributed by atoms with E-state index in [0.717, 1.165) is 31.5 Å². The van der Waals surface area contributed by atoms with Crippen LogP contribution >= 0.6 is 0 Å². The van der Waals surface area contributed by atoms with Gasteiger partial charge in [-0.1, -0.05) is 0 Å². The average molecular weight is 351 g/mol. The second kappa shape index (κ2) is 6.72. The molecule has 0 aromatic heterocycles. The van der Waals surface area contributed by atoms with Crippen LogP contribution in [0, 0.1) is 6.92 Å². The molecule has 0 saturated carbocycles. The Morgan fingerprint density at radius 1 is 1.29 bits per heavy atom. The minimum atomic E-state index is -3.19. The Hall–Kier alpha value is -1.60. The first-order chi connectivity index (χ1) is 11.4. The summed E-state index contributed by atoms with van der Waals surface area (Å²) in [6.45, 7) is 4.26. The van der Waals surface area contributed by atoms with Gasteiger partial charge in [-0.05, 0) is 63.0 Å². The molecule has 2 saturated heterocycles. The van der Waals surface area contributed by atoms with Crippen molar-refractivity contribution >= 4 is 21.6 Å². The average Bonchev–Trinajstić information content (AvgIpc) is 2.93. The van der Waals surface area contributed by atoms with Gasteiger partial charge in [0.05, 0.1) is 11.4 Å². The lowest BCUT2D eigenvalue weighted by Gasteiger charge is -2.32. The highest BCUT2D eigenvalue weighted by Crippen LogP contribution is 2.27. The molecule has 1 N–H and O–H groups in total. The molecule has 0 unspecified atom stereocenters. The van der Waals surface area contributed by atoms with E-state index in [4.69, 9.17) is 0 Å². The number of nitrogens with zero attached hydrogens (tertiary/aromatic N) is 2. The van der Waals surface area contributed by atoms with Crippen molar-refractivity contribution in [2.75, 3.05) is 36.7 Å².